The summed E-state index contributed by atoms with van der Waals surface area (Å²) in [5, 5.41) is 11.0. The molecule has 10 nitrogen and oxygen atoms in total. The van der Waals surface area contributed by atoms with E-state index in [1.807, 2.05) is 24.3 Å². The molecule has 0 unspecified atom stereocenters. The molecule has 2 atom stereocenters. The van der Waals surface area contributed by atoms with Crippen molar-refractivity contribution in [2.45, 2.75) is 37.8 Å². The number of nitrogens with one attached hydrogen (secondary N) is 4. The van der Waals surface area contributed by atoms with Crippen molar-refractivity contribution in [3.8, 4) is 11.1 Å². The Kier molecular flexibility index (Phi) is 6.78. The average Bonchev–Trinajstić information content (AvgIpc) is 3.21. The Hall–Kier alpha value is -3.12. The van der Waals surface area contributed by atoms with Gasteiger partial charge in [0.05, 0.1) is 34.1 Å². The maximum Gasteiger partial charge on any atom is 0.319 e. The first-order valence-corrected chi connectivity index (χ1v) is 15.2. The number of hydrogen-bond donors (Lipinski definition) is 4. The maximum absolute atomic E-state index is 12.3. The molecule has 4 amide bonds. The van der Waals surface area contributed by atoms with Crippen LogP contribution in [0, 0.1) is 0 Å². The molecule has 4 N–H and O–H groups in total. The van der Waals surface area contributed by atoms with E-state index in [1.54, 1.807) is 38.1 Å². The van der Waals surface area contributed by atoms with E-state index < -0.39 is 42.8 Å². The molecule has 2 heterocycles. The standard InChI is InChI=1S/C24H30N4O6S2/c1-23(11-13-35(31,32)15-23)27-21(29)25-19-7-3-17(4-8-19)18-5-9-20(10-6-18)26-22(30)28-24(2)12-14-36(33,34)16-24/h3-10H,11-16H2,1-2H3,(H2,25,27,29)(H2,26,28,30)/t23-,24-/m0/s1. The predicted molar refractivity (Wildman–Crippen MR) is 140 cm³/mol. The fourth-order valence-electron chi connectivity index (χ4n) is 4.58. The van der Waals surface area contributed by atoms with Crippen molar-refractivity contribution in [3.05, 3.63) is 48.5 Å². The van der Waals surface area contributed by atoms with Gasteiger partial charge >= 0.3 is 12.1 Å². The second kappa shape index (κ2) is 9.40. The molecule has 12 heteroatoms. The smallest absolute Gasteiger partial charge is 0.319 e. The zero-order valence-electron chi connectivity index (χ0n) is 20.1. The number of carbonyl (C=O) groups excluding carboxylic acids is 2. The van der Waals surface area contributed by atoms with E-state index in [-0.39, 0.29) is 23.0 Å². The topological polar surface area (TPSA) is 151 Å². The van der Waals surface area contributed by atoms with Gasteiger partial charge in [0.25, 0.3) is 0 Å². The predicted octanol–water partition coefficient (Wildman–Crippen LogP) is 2.75. The molecule has 2 aliphatic rings. The summed E-state index contributed by atoms with van der Waals surface area (Å²) >= 11 is 0. The Labute approximate surface area is 211 Å². The Balaban J connectivity index is 1.31. The largest absolute Gasteiger partial charge is 0.332 e. The first-order valence-electron chi connectivity index (χ1n) is 11.5. The van der Waals surface area contributed by atoms with E-state index in [2.05, 4.69) is 21.3 Å². The molecule has 0 bridgehead atoms. The van der Waals surface area contributed by atoms with Crippen LogP contribution in [0.25, 0.3) is 11.1 Å². The molecule has 0 aliphatic carbocycles. The molecule has 0 radical (unpaired) electrons. The highest BCUT2D eigenvalue weighted by molar-refractivity contribution is 7.92. The van der Waals surface area contributed by atoms with Crippen molar-refractivity contribution >= 4 is 43.1 Å². The second-order valence-corrected chi connectivity index (χ2v) is 14.5. The summed E-state index contributed by atoms with van der Waals surface area (Å²) in [5.74, 6) is 0.00251. The van der Waals surface area contributed by atoms with Crippen LogP contribution in [0.1, 0.15) is 26.7 Å². The van der Waals surface area contributed by atoms with Crippen molar-refractivity contribution in [1.82, 2.24) is 10.6 Å². The van der Waals surface area contributed by atoms with Gasteiger partial charge in [0.1, 0.15) is 0 Å². The van der Waals surface area contributed by atoms with Gasteiger partial charge in [-0.3, -0.25) is 0 Å². The molecule has 2 fully saturated rings. The molecule has 0 aromatic heterocycles. The summed E-state index contributed by atoms with van der Waals surface area (Å²) in [4.78, 5) is 24.7. The van der Waals surface area contributed by atoms with Crippen molar-refractivity contribution < 1.29 is 26.4 Å². The lowest BCUT2D eigenvalue weighted by Gasteiger charge is -2.24. The summed E-state index contributed by atoms with van der Waals surface area (Å²) in [6.45, 7) is 3.45. The van der Waals surface area contributed by atoms with Crippen LogP contribution in [0.15, 0.2) is 48.5 Å². The SMILES string of the molecule is C[C@]1(NC(=O)Nc2ccc(-c3ccc(NC(=O)N[C@@]4(C)CCS(=O)(=O)C4)cc3)cc2)CCS(=O)(=O)C1. The molecule has 2 aromatic carbocycles. The number of benzene rings is 2. The third kappa shape index (κ3) is 6.55. The van der Waals surface area contributed by atoms with Crippen LogP contribution in [0.5, 0.6) is 0 Å². The van der Waals surface area contributed by atoms with E-state index in [0.29, 0.717) is 24.2 Å². The molecular formula is C24H30N4O6S2. The van der Waals surface area contributed by atoms with Crippen LogP contribution in [0.4, 0.5) is 21.0 Å². The van der Waals surface area contributed by atoms with Crippen molar-refractivity contribution in [1.29, 1.82) is 0 Å². The number of anilines is 2. The highest BCUT2D eigenvalue weighted by Crippen LogP contribution is 2.26. The van der Waals surface area contributed by atoms with E-state index in [0.717, 1.165) is 11.1 Å². The van der Waals surface area contributed by atoms with Gasteiger partial charge < -0.3 is 21.3 Å². The quantitative estimate of drug-likeness (QED) is 0.463. The van der Waals surface area contributed by atoms with Crippen LogP contribution in [-0.4, -0.2) is 63.0 Å². The number of urea groups is 2. The Morgan fingerprint density at radius 1 is 0.639 bits per heavy atom. The van der Waals surface area contributed by atoms with Gasteiger partial charge in [-0.15, -0.1) is 0 Å². The average molecular weight is 535 g/mol. The summed E-state index contributed by atoms with van der Waals surface area (Å²) in [5.41, 5.74) is 1.38. The minimum Gasteiger partial charge on any atom is -0.332 e. The fraction of sp³-hybridized carbons (Fsp3) is 0.417. The summed E-state index contributed by atoms with van der Waals surface area (Å²) in [6.07, 6.45) is 0.769. The number of amides is 4. The first-order chi connectivity index (χ1) is 16.7. The van der Waals surface area contributed by atoms with Crippen LogP contribution < -0.4 is 21.3 Å². The fourth-order valence-corrected chi connectivity index (χ4v) is 8.77. The van der Waals surface area contributed by atoms with Crippen molar-refractivity contribution in [3.63, 3.8) is 0 Å². The molecule has 2 aromatic rings. The van der Waals surface area contributed by atoms with E-state index >= 15 is 0 Å². The van der Waals surface area contributed by atoms with E-state index in [9.17, 15) is 26.4 Å². The normalized spacial score (nSPS) is 26.2. The van der Waals surface area contributed by atoms with Crippen LogP contribution in [0.2, 0.25) is 0 Å². The first kappa shape index (κ1) is 26.0. The van der Waals surface area contributed by atoms with Gasteiger partial charge in [0.2, 0.25) is 0 Å². The number of sulfone groups is 2. The molecule has 2 aliphatic heterocycles. The third-order valence-corrected chi connectivity index (χ3v) is 10.3. The van der Waals surface area contributed by atoms with Crippen molar-refractivity contribution in [2.75, 3.05) is 33.6 Å². The summed E-state index contributed by atoms with van der Waals surface area (Å²) in [6, 6.07) is 13.4. The molecule has 4 rings (SSSR count). The lowest BCUT2D eigenvalue weighted by molar-refractivity contribution is 0.241. The highest BCUT2D eigenvalue weighted by Gasteiger charge is 2.40. The van der Waals surface area contributed by atoms with Gasteiger partial charge in [-0.25, -0.2) is 26.4 Å². The lowest BCUT2D eigenvalue weighted by Crippen LogP contribution is -2.48. The number of carbonyl (C=O) groups is 2. The van der Waals surface area contributed by atoms with Crippen LogP contribution in [0.3, 0.4) is 0 Å². The monoisotopic (exact) mass is 534 g/mol. The Morgan fingerprint density at radius 3 is 1.25 bits per heavy atom. The van der Waals surface area contributed by atoms with Crippen LogP contribution in [-0.2, 0) is 19.7 Å². The molecule has 36 heavy (non-hydrogen) atoms. The summed E-state index contributed by atoms with van der Waals surface area (Å²) < 4.78 is 46.9. The van der Waals surface area contributed by atoms with E-state index in [1.165, 1.54) is 0 Å². The Morgan fingerprint density at radius 2 is 0.972 bits per heavy atom. The molecule has 194 valence electrons. The number of hydrogen-bond acceptors (Lipinski definition) is 6. The third-order valence-electron chi connectivity index (χ3n) is 6.46. The van der Waals surface area contributed by atoms with Crippen molar-refractivity contribution in [2.24, 2.45) is 0 Å². The van der Waals surface area contributed by atoms with E-state index in [4.69, 9.17) is 0 Å². The molecular weight excluding hydrogens is 504 g/mol. The highest BCUT2D eigenvalue weighted by atomic mass is 32.2. The summed E-state index contributed by atoms with van der Waals surface area (Å²) in [7, 11) is -6.24. The van der Waals surface area contributed by atoms with Gasteiger partial charge in [0, 0.05) is 11.4 Å². The minimum atomic E-state index is -3.12. The number of rotatable bonds is 5. The van der Waals surface area contributed by atoms with Gasteiger partial charge in [0.15, 0.2) is 19.7 Å². The maximum atomic E-state index is 12.3. The zero-order valence-corrected chi connectivity index (χ0v) is 21.8. The second-order valence-electron chi connectivity index (χ2n) is 10.1. The lowest BCUT2D eigenvalue weighted by atomic mass is 10.0. The molecule has 0 spiro atoms. The molecule has 0 saturated carbocycles. The van der Waals surface area contributed by atoms with Gasteiger partial charge in [-0.2, -0.15) is 0 Å². The Bertz CT molecular complexity index is 1270. The van der Waals surface area contributed by atoms with Crippen LogP contribution >= 0.6 is 0 Å². The van der Waals surface area contributed by atoms with Gasteiger partial charge in [-0.05, 0) is 62.1 Å². The minimum absolute atomic E-state index is 0.0694. The molecule has 2 saturated heterocycles. The zero-order chi connectivity index (χ0) is 26.2. The van der Waals surface area contributed by atoms with Gasteiger partial charge in [-0.1, -0.05) is 24.3 Å².